The minimum absolute atomic E-state index is 0.00243. The predicted molar refractivity (Wildman–Crippen MR) is 95.2 cm³/mol. The van der Waals surface area contributed by atoms with Crippen LogP contribution < -0.4 is 9.47 Å². The Kier molecular flexibility index (Phi) is 6.67. The van der Waals surface area contributed by atoms with Crippen molar-refractivity contribution in [2.75, 3.05) is 13.7 Å². The summed E-state index contributed by atoms with van der Waals surface area (Å²) in [6, 6.07) is 17.5. The summed E-state index contributed by atoms with van der Waals surface area (Å²) < 4.78 is 10.9. The van der Waals surface area contributed by atoms with Gasteiger partial charge in [-0.25, -0.2) is 0 Å². The molecule has 0 aliphatic rings. The molecule has 0 fully saturated rings. The fraction of sp³-hybridized carbons (Fsp3) is 0.350. The lowest BCUT2D eigenvalue weighted by atomic mass is 10.1. The van der Waals surface area contributed by atoms with Crippen molar-refractivity contribution in [3.63, 3.8) is 0 Å². The van der Waals surface area contributed by atoms with Gasteiger partial charge < -0.3 is 14.4 Å². The summed E-state index contributed by atoms with van der Waals surface area (Å²) >= 11 is 0. The topological polar surface area (TPSA) is 38.8 Å². The molecule has 2 rings (SSSR count). The van der Waals surface area contributed by atoms with E-state index >= 15 is 0 Å². The number of rotatable bonds is 8. The first kappa shape index (κ1) is 17.9. The molecular formula is C20H25NO3. The van der Waals surface area contributed by atoms with Gasteiger partial charge in [-0.05, 0) is 31.0 Å². The Morgan fingerprint density at radius 1 is 1.04 bits per heavy atom. The average Bonchev–Trinajstić information content (AvgIpc) is 2.64. The zero-order chi connectivity index (χ0) is 17.4. The Labute approximate surface area is 144 Å². The quantitative estimate of drug-likeness (QED) is 0.738. The third-order valence-corrected chi connectivity index (χ3v) is 4.06. The number of methoxy groups -OCH3 is 1. The second kappa shape index (κ2) is 8.96. The monoisotopic (exact) mass is 327 g/mol. The molecule has 128 valence electrons. The van der Waals surface area contributed by atoms with Gasteiger partial charge in [0.1, 0.15) is 0 Å². The van der Waals surface area contributed by atoms with Gasteiger partial charge in [-0.15, -0.1) is 0 Å². The van der Waals surface area contributed by atoms with Gasteiger partial charge in [-0.2, -0.15) is 0 Å². The predicted octanol–water partition coefficient (Wildman–Crippen LogP) is 3.90. The number of hydrogen-bond donors (Lipinski definition) is 0. The SMILES string of the molecule is CCC(C)N(Cc1ccccc1)C(=O)COc1ccccc1OC. The molecule has 1 unspecified atom stereocenters. The van der Waals surface area contributed by atoms with Gasteiger partial charge in [0.05, 0.1) is 7.11 Å². The smallest absolute Gasteiger partial charge is 0.261 e. The summed E-state index contributed by atoms with van der Waals surface area (Å²) in [6.07, 6.45) is 0.896. The van der Waals surface area contributed by atoms with E-state index in [2.05, 4.69) is 13.8 Å². The highest BCUT2D eigenvalue weighted by Gasteiger charge is 2.20. The summed E-state index contributed by atoms with van der Waals surface area (Å²) in [4.78, 5) is 14.5. The van der Waals surface area contributed by atoms with Crippen LogP contribution in [-0.4, -0.2) is 30.6 Å². The number of carbonyl (C=O) groups excluding carboxylic acids is 1. The highest BCUT2D eigenvalue weighted by atomic mass is 16.5. The molecule has 24 heavy (non-hydrogen) atoms. The Balaban J connectivity index is 2.05. The normalized spacial score (nSPS) is 11.6. The largest absolute Gasteiger partial charge is 0.493 e. The van der Waals surface area contributed by atoms with E-state index in [9.17, 15) is 4.79 Å². The third kappa shape index (κ3) is 4.75. The molecule has 0 N–H and O–H groups in total. The van der Waals surface area contributed by atoms with E-state index in [0.29, 0.717) is 18.0 Å². The van der Waals surface area contributed by atoms with Crippen molar-refractivity contribution in [3.05, 3.63) is 60.2 Å². The molecule has 0 saturated heterocycles. The third-order valence-electron chi connectivity index (χ3n) is 4.06. The van der Waals surface area contributed by atoms with Crippen LogP contribution in [0.15, 0.2) is 54.6 Å². The van der Waals surface area contributed by atoms with Crippen LogP contribution in [0, 0.1) is 0 Å². The molecule has 0 spiro atoms. The van der Waals surface area contributed by atoms with E-state index in [1.54, 1.807) is 13.2 Å². The molecule has 1 amide bonds. The maximum atomic E-state index is 12.7. The Morgan fingerprint density at radius 2 is 1.67 bits per heavy atom. The molecule has 0 heterocycles. The molecular weight excluding hydrogens is 302 g/mol. The lowest BCUT2D eigenvalue weighted by Crippen LogP contribution is -2.40. The molecule has 0 aliphatic carbocycles. The van der Waals surface area contributed by atoms with Crippen molar-refractivity contribution >= 4 is 5.91 Å². The maximum absolute atomic E-state index is 12.7. The van der Waals surface area contributed by atoms with Crippen LogP contribution in [0.5, 0.6) is 11.5 Å². The van der Waals surface area contributed by atoms with Crippen molar-refractivity contribution in [2.45, 2.75) is 32.9 Å². The highest BCUT2D eigenvalue weighted by molar-refractivity contribution is 5.78. The van der Waals surface area contributed by atoms with Crippen molar-refractivity contribution < 1.29 is 14.3 Å². The van der Waals surface area contributed by atoms with Gasteiger partial charge in [0.15, 0.2) is 18.1 Å². The zero-order valence-corrected chi connectivity index (χ0v) is 14.6. The second-order valence-electron chi connectivity index (χ2n) is 5.70. The molecule has 4 heteroatoms. The summed E-state index contributed by atoms with van der Waals surface area (Å²) in [5, 5.41) is 0. The molecule has 0 bridgehead atoms. The molecule has 0 radical (unpaired) electrons. The van der Waals surface area contributed by atoms with Crippen LogP contribution in [0.25, 0.3) is 0 Å². The Morgan fingerprint density at radius 3 is 2.29 bits per heavy atom. The second-order valence-corrected chi connectivity index (χ2v) is 5.70. The lowest BCUT2D eigenvalue weighted by Gasteiger charge is -2.29. The van der Waals surface area contributed by atoms with E-state index in [1.807, 2.05) is 53.4 Å². The van der Waals surface area contributed by atoms with E-state index in [0.717, 1.165) is 12.0 Å². The summed E-state index contributed by atoms with van der Waals surface area (Å²) in [6.45, 7) is 4.72. The van der Waals surface area contributed by atoms with Gasteiger partial charge in [0.25, 0.3) is 5.91 Å². The van der Waals surface area contributed by atoms with Crippen LogP contribution >= 0.6 is 0 Å². The fourth-order valence-electron chi connectivity index (χ4n) is 2.45. The fourth-order valence-corrected chi connectivity index (χ4v) is 2.45. The van der Waals surface area contributed by atoms with E-state index < -0.39 is 0 Å². The van der Waals surface area contributed by atoms with Crippen molar-refractivity contribution in [1.82, 2.24) is 4.90 Å². The zero-order valence-electron chi connectivity index (χ0n) is 14.6. The van der Waals surface area contributed by atoms with Gasteiger partial charge in [0.2, 0.25) is 0 Å². The van der Waals surface area contributed by atoms with E-state index in [-0.39, 0.29) is 18.6 Å². The lowest BCUT2D eigenvalue weighted by molar-refractivity contribution is -0.136. The van der Waals surface area contributed by atoms with Gasteiger partial charge >= 0.3 is 0 Å². The van der Waals surface area contributed by atoms with Crippen molar-refractivity contribution in [3.8, 4) is 11.5 Å². The van der Waals surface area contributed by atoms with Crippen LogP contribution in [-0.2, 0) is 11.3 Å². The summed E-state index contributed by atoms with van der Waals surface area (Å²) in [5.74, 6) is 1.18. The molecule has 1 atom stereocenters. The molecule has 2 aromatic rings. The summed E-state index contributed by atoms with van der Waals surface area (Å²) in [7, 11) is 1.59. The molecule has 4 nitrogen and oxygen atoms in total. The van der Waals surface area contributed by atoms with Gasteiger partial charge in [0, 0.05) is 12.6 Å². The van der Waals surface area contributed by atoms with Crippen molar-refractivity contribution in [1.29, 1.82) is 0 Å². The molecule has 0 saturated carbocycles. The molecule has 2 aromatic carbocycles. The standard InChI is InChI=1S/C20H25NO3/c1-4-16(2)21(14-17-10-6-5-7-11-17)20(22)15-24-19-13-9-8-12-18(19)23-3/h5-13,16H,4,14-15H2,1-3H3. The van der Waals surface area contributed by atoms with E-state index in [4.69, 9.17) is 9.47 Å². The van der Waals surface area contributed by atoms with Crippen LogP contribution in [0.2, 0.25) is 0 Å². The number of carbonyl (C=O) groups is 1. The highest BCUT2D eigenvalue weighted by Crippen LogP contribution is 2.25. The number of benzene rings is 2. The number of ether oxygens (including phenoxy) is 2. The first-order valence-corrected chi connectivity index (χ1v) is 8.25. The van der Waals surface area contributed by atoms with E-state index in [1.165, 1.54) is 0 Å². The first-order chi connectivity index (χ1) is 11.7. The first-order valence-electron chi connectivity index (χ1n) is 8.25. The average molecular weight is 327 g/mol. The van der Waals surface area contributed by atoms with Crippen LogP contribution in [0.1, 0.15) is 25.8 Å². The van der Waals surface area contributed by atoms with Crippen LogP contribution in [0.4, 0.5) is 0 Å². The number of nitrogens with zero attached hydrogens (tertiary/aromatic N) is 1. The summed E-state index contributed by atoms with van der Waals surface area (Å²) in [5.41, 5.74) is 1.11. The van der Waals surface area contributed by atoms with Crippen molar-refractivity contribution in [2.24, 2.45) is 0 Å². The maximum Gasteiger partial charge on any atom is 0.261 e. The Bertz CT molecular complexity index is 642. The molecule has 0 aliphatic heterocycles. The van der Waals surface area contributed by atoms with Gasteiger partial charge in [-0.1, -0.05) is 49.4 Å². The number of para-hydroxylation sites is 2. The number of amides is 1. The van der Waals surface area contributed by atoms with Crippen LogP contribution in [0.3, 0.4) is 0 Å². The number of hydrogen-bond acceptors (Lipinski definition) is 3. The minimum Gasteiger partial charge on any atom is -0.493 e. The Hall–Kier alpha value is -2.49. The minimum atomic E-state index is -0.0286. The van der Waals surface area contributed by atoms with Gasteiger partial charge in [-0.3, -0.25) is 4.79 Å². The molecule has 0 aromatic heterocycles.